The topological polar surface area (TPSA) is 20.3 Å². The van der Waals surface area contributed by atoms with Crippen molar-refractivity contribution in [3.8, 4) is 0 Å². The first-order valence-corrected chi connectivity index (χ1v) is 6.14. The van der Waals surface area contributed by atoms with Gasteiger partial charge in [-0.15, -0.1) is 0 Å². The molecular formula is C13H25NO. The van der Waals surface area contributed by atoms with E-state index in [-0.39, 0.29) is 5.54 Å². The lowest BCUT2D eigenvalue weighted by atomic mass is 9.89. The van der Waals surface area contributed by atoms with Gasteiger partial charge in [-0.25, -0.2) is 0 Å². The summed E-state index contributed by atoms with van der Waals surface area (Å²) in [6.45, 7) is 10.9. The van der Waals surface area contributed by atoms with Gasteiger partial charge in [0.1, 0.15) is 0 Å². The van der Waals surface area contributed by atoms with Crippen LogP contribution in [0.3, 0.4) is 0 Å². The molecule has 0 aromatic heterocycles. The Labute approximate surface area is 94.0 Å². The molecule has 0 N–H and O–H groups in total. The van der Waals surface area contributed by atoms with Crippen LogP contribution < -0.4 is 0 Å². The van der Waals surface area contributed by atoms with Crippen LogP contribution in [0.15, 0.2) is 0 Å². The summed E-state index contributed by atoms with van der Waals surface area (Å²) in [5.74, 6) is 1.02. The summed E-state index contributed by atoms with van der Waals surface area (Å²) in [6.07, 6.45) is 4.14. The summed E-state index contributed by atoms with van der Waals surface area (Å²) in [4.78, 5) is 14.1. The van der Waals surface area contributed by atoms with Crippen LogP contribution in [0, 0.1) is 5.92 Å². The van der Waals surface area contributed by atoms with Crippen LogP contribution >= 0.6 is 0 Å². The van der Waals surface area contributed by atoms with E-state index in [1.54, 1.807) is 0 Å². The van der Waals surface area contributed by atoms with Crippen molar-refractivity contribution in [3.05, 3.63) is 0 Å². The van der Waals surface area contributed by atoms with Crippen LogP contribution in [0.25, 0.3) is 0 Å². The van der Waals surface area contributed by atoms with E-state index in [1.807, 2.05) is 0 Å². The number of likely N-dealkylation sites (tertiary alicyclic amines) is 1. The van der Waals surface area contributed by atoms with Gasteiger partial charge in [0, 0.05) is 18.0 Å². The van der Waals surface area contributed by atoms with Crippen molar-refractivity contribution in [3.63, 3.8) is 0 Å². The average Bonchev–Trinajstić information content (AvgIpc) is 1.99. The van der Waals surface area contributed by atoms with Crippen LogP contribution in [-0.2, 0) is 4.79 Å². The first kappa shape index (κ1) is 12.5. The average molecular weight is 211 g/mol. The van der Waals surface area contributed by atoms with Gasteiger partial charge in [-0.05, 0) is 46.0 Å². The highest BCUT2D eigenvalue weighted by molar-refractivity contribution is 5.78. The highest BCUT2D eigenvalue weighted by atomic mass is 16.2. The maximum atomic E-state index is 12.0. The minimum Gasteiger partial charge on any atom is -0.335 e. The first-order valence-electron chi connectivity index (χ1n) is 6.14. The van der Waals surface area contributed by atoms with E-state index in [0.717, 1.165) is 19.3 Å². The smallest absolute Gasteiger partial charge is 0.223 e. The van der Waals surface area contributed by atoms with Crippen molar-refractivity contribution in [1.82, 2.24) is 4.90 Å². The molecule has 0 saturated carbocycles. The molecule has 0 aromatic rings. The Morgan fingerprint density at radius 3 is 2.47 bits per heavy atom. The fourth-order valence-corrected chi connectivity index (χ4v) is 2.63. The van der Waals surface area contributed by atoms with E-state index in [2.05, 4.69) is 39.5 Å². The monoisotopic (exact) mass is 211 g/mol. The molecular weight excluding hydrogens is 186 g/mol. The fraction of sp³-hybridized carbons (Fsp3) is 0.923. The maximum absolute atomic E-state index is 12.0. The summed E-state index contributed by atoms with van der Waals surface area (Å²) < 4.78 is 0. The Hall–Kier alpha value is -0.530. The highest BCUT2D eigenvalue weighted by Gasteiger charge is 2.35. The minimum absolute atomic E-state index is 0.0168. The molecule has 0 radical (unpaired) electrons. The molecule has 0 aliphatic carbocycles. The quantitative estimate of drug-likeness (QED) is 0.687. The molecule has 0 aromatic carbocycles. The molecule has 0 spiro atoms. The van der Waals surface area contributed by atoms with E-state index >= 15 is 0 Å². The molecule has 1 aliphatic rings. The predicted molar refractivity (Wildman–Crippen MR) is 63.7 cm³/mol. The number of rotatable bonds is 2. The Balaban J connectivity index is 2.78. The van der Waals surface area contributed by atoms with Crippen LogP contribution in [0.4, 0.5) is 0 Å². The zero-order chi connectivity index (χ0) is 11.6. The fourth-order valence-electron chi connectivity index (χ4n) is 2.63. The van der Waals surface area contributed by atoms with Crippen molar-refractivity contribution in [2.24, 2.45) is 5.92 Å². The third-order valence-electron chi connectivity index (χ3n) is 3.03. The number of carbonyl (C=O) groups is 1. The van der Waals surface area contributed by atoms with Gasteiger partial charge in [0.05, 0.1) is 0 Å². The second-order valence-corrected chi connectivity index (χ2v) is 6.11. The van der Waals surface area contributed by atoms with Gasteiger partial charge in [-0.3, -0.25) is 4.79 Å². The Morgan fingerprint density at radius 2 is 2.00 bits per heavy atom. The molecule has 1 unspecified atom stereocenters. The van der Waals surface area contributed by atoms with E-state index in [1.165, 1.54) is 6.42 Å². The maximum Gasteiger partial charge on any atom is 0.223 e. The van der Waals surface area contributed by atoms with Crippen LogP contribution in [0.1, 0.15) is 60.3 Å². The van der Waals surface area contributed by atoms with Gasteiger partial charge in [0.15, 0.2) is 0 Å². The SMILES string of the molecule is CC(C)CC1CCCC(=O)N1C(C)(C)C. The lowest BCUT2D eigenvalue weighted by Gasteiger charge is -2.45. The number of amides is 1. The molecule has 2 nitrogen and oxygen atoms in total. The van der Waals surface area contributed by atoms with Crippen LogP contribution in [0.5, 0.6) is 0 Å². The van der Waals surface area contributed by atoms with Gasteiger partial charge in [-0.2, -0.15) is 0 Å². The van der Waals surface area contributed by atoms with Gasteiger partial charge in [0.25, 0.3) is 0 Å². The Morgan fingerprint density at radius 1 is 1.40 bits per heavy atom. The molecule has 1 aliphatic heterocycles. The number of carbonyl (C=O) groups excluding carboxylic acids is 1. The van der Waals surface area contributed by atoms with E-state index < -0.39 is 0 Å². The molecule has 1 heterocycles. The normalized spacial score (nSPS) is 23.7. The molecule has 1 rings (SSSR count). The van der Waals surface area contributed by atoms with Crippen molar-refractivity contribution in [1.29, 1.82) is 0 Å². The van der Waals surface area contributed by atoms with Gasteiger partial charge in [0.2, 0.25) is 5.91 Å². The summed E-state index contributed by atoms with van der Waals surface area (Å²) in [5.41, 5.74) is -0.0168. The summed E-state index contributed by atoms with van der Waals surface area (Å²) in [5, 5.41) is 0. The largest absolute Gasteiger partial charge is 0.335 e. The molecule has 1 atom stereocenters. The van der Waals surface area contributed by atoms with Crippen LogP contribution in [-0.4, -0.2) is 22.4 Å². The third-order valence-corrected chi connectivity index (χ3v) is 3.03. The van der Waals surface area contributed by atoms with Crippen molar-refractivity contribution < 1.29 is 4.79 Å². The summed E-state index contributed by atoms with van der Waals surface area (Å²) in [7, 11) is 0. The minimum atomic E-state index is -0.0168. The number of piperidine rings is 1. The number of nitrogens with zero attached hydrogens (tertiary/aromatic N) is 1. The van der Waals surface area contributed by atoms with E-state index in [4.69, 9.17) is 0 Å². The number of hydrogen-bond acceptors (Lipinski definition) is 1. The lowest BCUT2D eigenvalue weighted by molar-refractivity contribution is -0.143. The molecule has 88 valence electrons. The zero-order valence-electron chi connectivity index (χ0n) is 10.8. The second-order valence-electron chi connectivity index (χ2n) is 6.11. The standard InChI is InChI=1S/C13H25NO/c1-10(2)9-11-7-6-8-12(15)14(11)13(3,4)5/h10-11H,6-9H2,1-5H3. The molecule has 1 fully saturated rings. The summed E-state index contributed by atoms with van der Waals surface area (Å²) >= 11 is 0. The van der Waals surface area contributed by atoms with Gasteiger partial charge >= 0.3 is 0 Å². The first-order chi connectivity index (χ1) is 6.82. The van der Waals surface area contributed by atoms with Crippen molar-refractivity contribution >= 4 is 5.91 Å². The zero-order valence-corrected chi connectivity index (χ0v) is 10.8. The van der Waals surface area contributed by atoms with Crippen LogP contribution in [0.2, 0.25) is 0 Å². The van der Waals surface area contributed by atoms with E-state index in [0.29, 0.717) is 17.9 Å². The molecule has 0 bridgehead atoms. The van der Waals surface area contributed by atoms with E-state index in [9.17, 15) is 4.79 Å². The number of hydrogen-bond donors (Lipinski definition) is 0. The molecule has 1 saturated heterocycles. The van der Waals surface area contributed by atoms with Crippen molar-refractivity contribution in [2.45, 2.75) is 71.9 Å². The third kappa shape index (κ3) is 3.22. The summed E-state index contributed by atoms with van der Waals surface area (Å²) in [6, 6.07) is 0.464. The second kappa shape index (κ2) is 4.54. The lowest BCUT2D eigenvalue weighted by Crippen LogP contribution is -2.54. The van der Waals surface area contributed by atoms with Gasteiger partial charge < -0.3 is 4.90 Å². The van der Waals surface area contributed by atoms with Gasteiger partial charge in [-0.1, -0.05) is 13.8 Å². The predicted octanol–water partition coefficient (Wildman–Crippen LogP) is 3.21. The highest BCUT2D eigenvalue weighted by Crippen LogP contribution is 2.29. The molecule has 15 heavy (non-hydrogen) atoms. The Kier molecular flexibility index (Phi) is 3.80. The molecule has 1 amide bonds. The van der Waals surface area contributed by atoms with Crippen molar-refractivity contribution in [2.75, 3.05) is 0 Å². The molecule has 2 heteroatoms. The Bertz CT molecular complexity index is 227.